The molecule has 7 heteroatoms. The van der Waals surface area contributed by atoms with E-state index in [1.54, 1.807) is 6.08 Å². The lowest BCUT2D eigenvalue weighted by atomic mass is 9.49. The smallest absolute Gasteiger partial charge is 0.205 e. The SMILES string of the molecule is C=C(C)CCc1c(O)cc(O)c2c1O[C@@]13C(=C[C@@]4(OC)C[C@H]1C(C)(C)O[C@]3(CC=C(C)C)C4=O)C2=O. The first-order valence-electron chi connectivity index (χ1n) is 12.4. The number of benzene rings is 1. The summed E-state index contributed by atoms with van der Waals surface area (Å²) in [5.41, 5.74) is -2.54. The molecule has 1 saturated heterocycles. The van der Waals surface area contributed by atoms with Crippen molar-refractivity contribution in [2.24, 2.45) is 5.92 Å². The molecular formula is C29H34O7. The standard InChI is InChI=1S/C29H34O7/c1-15(2)8-9-17-19(30)12-20(31)22-23(32)18-13-27(34-7)14-21-26(5,6)36-28(25(27)33,11-10-16(3)4)29(18,21)35-24(17)22/h10,12-13,21,30-31H,1,8-9,11,14H2,2-7H3/t21-,27+,28+,29-/m0/s1. The highest BCUT2D eigenvalue weighted by molar-refractivity contribution is 6.19. The van der Waals surface area contributed by atoms with Crippen molar-refractivity contribution in [3.05, 3.63) is 52.6 Å². The minimum atomic E-state index is -1.52. The van der Waals surface area contributed by atoms with Gasteiger partial charge in [-0.2, -0.15) is 0 Å². The van der Waals surface area contributed by atoms with Crippen LogP contribution < -0.4 is 4.74 Å². The second-order valence-corrected chi connectivity index (χ2v) is 11.5. The first-order chi connectivity index (χ1) is 16.8. The number of allylic oxidation sites excluding steroid dienone is 2. The average Bonchev–Trinajstić information content (AvgIpc) is 2.94. The van der Waals surface area contributed by atoms with Crippen LogP contribution in [0.4, 0.5) is 0 Å². The monoisotopic (exact) mass is 494 g/mol. The van der Waals surface area contributed by atoms with Gasteiger partial charge in [-0.25, -0.2) is 0 Å². The molecule has 4 atom stereocenters. The molecule has 3 aliphatic carbocycles. The number of ketones is 2. The molecule has 1 aromatic rings. The third-order valence-corrected chi connectivity index (χ3v) is 8.44. The molecule has 36 heavy (non-hydrogen) atoms. The van der Waals surface area contributed by atoms with Crippen LogP contribution in [0.3, 0.4) is 0 Å². The van der Waals surface area contributed by atoms with Gasteiger partial charge < -0.3 is 24.4 Å². The summed E-state index contributed by atoms with van der Waals surface area (Å²) in [6.07, 6.45) is 4.92. The third kappa shape index (κ3) is 2.87. The van der Waals surface area contributed by atoms with Crippen LogP contribution in [0.2, 0.25) is 0 Å². The summed E-state index contributed by atoms with van der Waals surface area (Å²) >= 11 is 0. The van der Waals surface area contributed by atoms with Crippen molar-refractivity contribution in [1.82, 2.24) is 0 Å². The number of hydrogen-bond acceptors (Lipinski definition) is 7. The molecule has 2 fully saturated rings. The Hall–Kier alpha value is -2.90. The fourth-order valence-electron chi connectivity index (χ4n) is 6.77. The number of rotatable bonds is 6. The zero-order valence-corrected chi connectivity index (χ0v) is 21.8. The Bertz CT molecular complexity index is 1280. The normalized spacial score (nSPS) is 32.9. The van der Waals surface area contributed by atoms with Gasteiger partial charge in [0.2, 0.25) is 5.78 Å². The van der Waals surface area contributed by atoms with Gasteiger partial charge in [0, 0.05) is 36.7 Å². The summed E-state index contributed by atoms with van der Waals surface area (Å²) in [5, 5.41) is 21.6. The average molecular weight is 495 g/mol. The van der Waals surface area contributed by atoms with Gasteiger partial charge in [-0.15, -0.1) is 6.58 Å². The molecule has 7 nitrogen and oxygen atoms in total. The number of aromatic hydroxyl groups is 2. The van der Waals surface area contributed by atoms with Crippen LogP contribution in [0.5, 0.6) is 17.2 Å². The maximum Gasteiger partial charge on any atom is 0.205 e. The lowest BCUT2D eigenvalue weighted by Crippen LogP contribution is -2.77. The Morgan fingerprint density at radius 3 is 2.53 bits per heavy atom. The molecule has 5 aliphatic rings. The first-order valence-corrected chi connectivity index (χ1v) is 12.4. The van der Waals surface area contributed by atoms with Crippen molar-refractivity contribution in [1.29, 1.82) is 0 Å². The third-order valence-electron chi connectivity index (χ3n) is 8.44. The van der Waals surface area contributed by atoms with Gasteiger partial charge in [0.05, 0.1) is 5.60 Å². The highest BCUT2D eigenvalue weighted by atomic mass is 16.6. The first kappa shape index (κ1) is 24.8. The van der Waals surface area contributed by atoms with Crippen LogP contribution in [0.15, 0.2) is 41.5 Å². The molecule has 0 aromatic heterocycles. The van der Waals surface area contributed by atoms with Gasteiger partial charge in [0.15, 0.2) is 17.0 Å². The van der Waals surface area contributed by atoms with E-state index in [1.165, 1.54) is 13.2 Å². The van der Waals surface area contributed by atoms with Crippen molar-refractivity contribution < 1.29 is 34.0 Å². The molecule has 0 amide bonds. The molecule has 2 N–H and O–H groups in total. The zero-order valence-electron chi connectivity index (χ0n) is 21.8. The van der Waals surface area contributed by atoms with E-state index in [2.05, 4.69) is 6.58 Å². The van der Waals surface area contributed by atoms with Gasteiger partial charge in [-0.05, 0) is 60.0 Å². The van der Waals surface area contributed by atoms with Gasteiger partial charge >= 0.3 is 0 Å². The van der Waals surface area contributed by atoms with Gasteiger partial charge in [0.1, 0.15) is 28.4 Å². The largest absolute Gasteiger partial charge is 0.507 e. The van der Waals surface area contributed by atoms with Crippen molar-refractivity contribution in [2.45, 2.75) is 82.7 Å². The maximum absolute atomic E-state index is 14.3. The number of phenols is 2. The number of carbonyl (C=O) groups is 2. The topological polar surface area (TPSA) is 102 Å². The van der Waals surface area contributed by atoms with Crippen LogP contribution in [0.1, 0.15) is 69.8 Å². The Balaban J connectivity index is 1.84. The molecule has 2 heterocycles. The molecule has 6 rings (SSSR count). The molecule has 192 valence electrons. The molecule has 2 aliphatic heterocycles. The predicted molar refractivity (Wildman–Crippen MR) is 133 cm³/mol. The summed E-state index contributed by atoms with van der Waals surface area (Å²) in [7, 11) is 1.47. The van der Waals surface area contributed by atoms with Gasteiger partial charge in [-0.1, -0.05) is 17.2 Å². The summed E-state index contributed by atoms with van der Waals surface area (Å²) in [6, 6.07) is 1.18. The van der Waals surface area contributed by atoms with Crippen molar-refractivity contribution >= 4 is 11.6 Å². The summed E-state index contributed by atoms with van der Waals surface area (Å²) in [4.78, 5) is 28.5. The fraction of sp³-hybridized carbons (Fsp3) is 0.517. The van der Waals surface area contributed by atoms with Crippen LogP contribution in [0, 0.1) is 5.92 Å². The number of hydrogen-bond donors (Lipinski definition) is 2. The highest BCUT2D eigenvalue weighted by Crippen LogP contribution is 2.69. The number of methoxy groups -OCH3 is 1. The van der Waals surface area contributed by atoms with Crippen LogP contribution >= 0.6 is 0 Å². The van der Waals surface area contributed by atoms with E-state index in [9.17, 15) is 19.8 Å². The molecule has 4 bridgehead atoms. The Morgan fingerprint density at radius 1 is 1.22 bits per heavy atom. The van der Waals surface area contributed by atoms with Crippen molar-refractivity contribution in [2.75, 3.05) is 7.11 Å². The van der Waals surface area contributed by atoms with Crippen molar-refractivity contribution in [3.8, 4) is 17.2 Å². The minimum Gasteiger partial charge on any atom is -0.507 e. The van der Waals surface area contributed by atoms with Gasteiger partial charge in [0.25, 0.3) is 0 Å². The van der Waals surface area contributed by atoms with E-state index in [1.807, 2.05) is 40.7 Å². The van der Waals surface area contributed by atoms with E-state index in [4.69, 9.17) is 14.2 Å². The number of ether oxygens (including phenoxy) is 3. The quantitative estimate of drug-likeness (QED) is 0.551. The number of phenolic OH excluding ortho intramolecular Hbond substituents is 2. The number of Topliss-reactive ketones (excluding diaryl/α,β-unsaturated/α-hetero) is 2. The summed E-state index contributed by atoms with van der Waals surface area (Å²) < 4.78 is 19.4. The van der Waals surface area contributed by atoms with Crippen LogP contribution in [0.25, 0.3) is 0 Å². The Labute approximate surface area is 211 Å². The number of carbonyl (C=O) groups excluding carboxylic acids is 2. The van der Waals surface area contributed by atoms with E-state index in [-0.39, 0.29) is 40.6 Å². The summed E-state index contributed by atoms with van der Waals surface area (Å²) in [5.74, 6) is -1.53. The zero-order chi connectivity index (χ0) is 26.4. The lowest BCUT2D eigenvalue weighted by molar-refractivity contribution is -0.189. The molecular weight excluding hydrogens is 460 g/mol. The number of fused-ring (bicyclic) bond motifs is 1. The maximum atomic E-state index is 14.3. The van der Waals surface area contributed by atoms with E-state index in [0.29, 0.717) is 24.8 Å². The summed E-state index contributed by atoms with van der Waals surface area (Å²) in [6.45, 7) is 13.5. The Kier molecular flexibility index (Phi) is 5.20. The van der Waals surface area contributed by atoms with Crippen molar-refractivity contribution in [3.63, 3.8) is 0 Å². The predicted octanol–water partition coefficient (Wildman–Crippen LogP) is 4.74. The molecule has 0 unspecified atom stereocenters. The Morgan fingerprint density at radius 2 is 1.92 bits per heavy atom. The highest BCUT2D eigenvalue weighted by Gasteiger charge is 2.84. The van der Waals surface area contributed by atoms with Crippen LogP contribution in [-0.2, 0) is 20.7 Å². The molecule has 1 saturated carbocycles. The van der Waals surface area contributed by atoms with E-state index < -0.39 is 34.1 Å². The van der Waals surface area contributed by atoms with E-state index in [0.717, 1.165) is 11.1 Å². The minimum absolute atomic E-state index is 0.0118. The molecule has 0 radical (unpaired) electrons. The lowest BCUT2D eigenvalue weighted by Gasteiger charge is -2.59. The fourth-order valence-corrected chi connectivity index (χ4v) is 6.77. The second-order valence-electron chi connectivity index (χ2n) is 11.5. The second kappa shape index (κ2) is 7.56. The molecule has 1 spiro atoms. The van der Waals surface area contributed by atoms with Gasteiger partial charge in [-0.3, -0.25) is 9.59 Å². The van der Waals surface area contributed by atoms with Crippen LogP contribution in [-0.4, -0.2) is 51.3 Å². The molecule has 1 aromatic carbocycles. The van der Waals surface area contributed by atoms with E-state index >= 15 is 0 Å².